The van der Waals surface area contributed by atoms with E-state index in [-0.39, 0.29) is 23.9 Å². The van der Waals surface area contributed by atoms with E-state index in [1.54, 1.807) is 32.2 Å². The molecule has 2 fully saturated rings. The van der Waals surface area contributed by atoms with Crippen molar-refractivity contribution >= 4 is 17.5 Å². The lowest BCUT2D eigenvalue weighted by Gasteiger charge is -2.44. The number of hydrogen-bond donors (Lipinski definition) is 2. The Morgan fingerprint density at radius 3 is 2.61 bits per heavy atom. The van der Waals surface area contributed by atoms with E-state index in [0.29, 0.717) is 37.1 Å². The van der Waals surface area contributed by atoms with Gasteiger partial charge in [-0.2, -0.15) is 0 Å². The third-order valence-electron chi connectivity index (χ3n) is 6.21. The first-order valence-corrected chi connectivity index (χ1v) is 10.3. The summed E-state index contributed by atoms with van der Waals surface area (Å²) in [4.78, 5) is 31.6. The predicted molar refractivity (Wildman–Crippen MR) is 110 cm³/mol. The fourth-order valence-corrected chi connectivity index (χ4v) is 5.12. The smallest absolute Gasteiger partial charge is 0.251 e. The monoisotopic (exact) mass is 429 g/mol. The number of anilines is 1. The second-order valence-corrected chi connectivity index (χ2v) is 9.05. The summed E-state index contributed by atoms with van der Waals surface area (Å²) in [6, 6.07) is 5.89. The van der Waals surface area contributed by atoms with Gasteiger partial charge < -0.3 is 15.3 Å². The summed E-state index contributed by atoms with van der Waals surface area (Å²) >= 11 is 0. The lowest BCUT2D eigenvalue weighted by molar-refractivity contribution is -0.134. The Kier molecular flexibility index (Phi) is 5.29. The number of aliphatic hydroxyl groups is 1. The van der Waals surface area contributed by atoms with Crippen LogP contribution in [0, 0.1) is 24.0 Å². The van der Waals surface area contributed by atoms with Crippen LogP contribution in [0.15, 0.2) is 36.5 Å². The molecule has 1 aliphatic carbocycles. The molecule has 164 valence electrons. The Balaban J connectivity index is 1.56. The Labute approximate surface area is 179 Å². The van der Waals surface area contributed by atoms with Gasteiger partial charge in [0, 0.05) is 41.8 Å². The van der Waals surface area contributed by atoms with Crippen LogP contribution in [0.2, 0.25) is 0 Å². The summed E-state index contributed by atoms with van der Waals surface area (Å²) in [6.45, 7) is 3.74. The number of aryl methyl sites for hydroxylation is 1. The van der Waals surface area contributed by atoms with Gasteiger partial charge in [0.2, 0.25) is 5.91 Å². The van der Waals surface area contributed by atoms with Gasteiger partial charge in [-0.25, -0.2) is 8.78 Å². The van der Waals surface area contributed by atoms with E-state index in [1.807, 2.05) is 0 Å². The van der Waals surface area contributed by atoms with E-state index in [9.17, 15) is 23.5 Å². The zero-order valence-corrected chi connectivity index (χ0v) is 17.5. The van der Waals surface area contributed by atoms with Gasteiger partial charge in [0.1, 0.15) is 11.6 Å². The first-order valence-electron chi connectivity index (χ1n) is 10.3. The van der Waals surface area contributed by atoms with Crippen molar-refractivity contribution in [2.75, 3.05) is 11.4 Å². The second-order valence-electron chi connectivity index (χ2n) is 9.05. The van der Waals surface area contributed by atoms with Gasteiger partial charge in [0.15, 0.2) is 0 Å². The van der Waals surface area contributed by atoms with Crippen molar-refractivity contribution in [1.82, 2.24) is 10.3 Å². The van der Waals surface area contributed by atoms with Crippen LogP contribution in [0.4, 0.5) is 14.5 Å². The molecule has 2 amide bonds. The number of nitrogens with zero attached hydrogens (tertiary/aromatic N) is 2. The number of halogens is 2. The first kappa shape index (κ1) is 21.4. The molecule has 6 nitrogen and oxygen atoms in total. The van der Waals surface area contributed by atoms with Gasteiger partial charge in [-0.15, -0.1) is 0 Å². The normalized spacial score (nSPS) is 28.2. The number of nitrogens with one attached hydrogen (secondary N) is 1. The molecular weight excluding hydrogens is 404 g/mol. The summed E-state index contributed by atoms with van der Waals surface area (Å²) in [5.41, 5.74) is -0.734. The standard InChI is InChI=1S/C23H25F2N3O3/c1-14-7-15(3-5-26-14)20(29)27-18-11-22(2,31)13-23(12-18)4-6-28(21(23)30)19-9-16(24)8-17(25)10-19/h3,5,7-10,18,31H,4,6,11-13H2,1-2H3,(H,27,29). The average Bonchev–Trinajstić information content (AvgIpc) is 2.95. The first-order chi connectivity index (χ1) is 14.6. The lowest BCUT2D eigenvalue weighted by atomic mass is 9.65. The van der Waals surface area contributed by atoms with Gasteiger partial charge in [-0.05, 0) is 63.8 Å². The van der Waals surface area contributed by atoms with Crippen molar-refractivity contribution in [3.05, 3.63) is 59.4 Å². The molecule has 1 aromatic heterocycles. The molecule has 8 heteroatoms. The zero-order valence-electron chi connectivity index (χ0n) is 17.5. The second kappa shape index (κ2) is 7.67. The molecule has 3 unspecified atom stereocenters. The van der Waals surface area contributed by atoms with Crippen molar-refractivity contribution in [2.45, 2.75) is 51.2 Å². The summed E-state index contributed by atoms with van der Waals surface area (Å²) in [5, 5.41) is 13.9. The van der Waals surface area contributed by atoms with Crippen molar-refractivity contribution in [3.8, 4) is 0 Å². The maximum atomic E-state index is 13.7. The van der Waals surface area contributed by atoms with Crippen LogP contribution in [0.25, 0.3) is 0 Å². The highest BCUT2D eigenvalue weighted by atomic mass is 19.1. The Morgan fingerprint density at radius 1 is 1.23 bits per heavy atom. The van der Waals surface area contributed by atoms with Crippen LogP contribution in [0.3, 0.4) is 0 Å². The minimum absolute atomic E-state index is 0.164. The van der Waals surface area contributed by atoms with Crippen LogP contribution < -0.4 is 10.2 Å². The topological polar surface area (TPSA) is 82.5 Å². The van der Waals surface area contributed by atoms with E-state index >= 15 is 0 Å². The van der Waals surface area contributed by atoms with E-state index in [2.05, 4.69) is 10.3 Å². The molecular formula is C23H25F2N3O3. The molecule has 0 bridgehead atoms. The number of rotatable bonds is 3. The Hall–Kier alpha value is -2.87. The predicted octanol–water partition coefficient (Wildman–Crippen LogP) is 3.12. The SMILES string of the molecule is Cc1cc(C(=O)NC2CC(C)(O)CC3(CCN(c4cc(F)cc(F)c4)C3=O)C2)ccn1. The zero-order chi connectivity index (χ0) is 22.4. The number of carbonyl (C=O) groups excluding carboxylic acids is 2. The highest BCUT2D eigenvalue weighted by molar-refractivity contribution is 6.00. The number of aromatic nitrogens is 1. The van der Waals surface area contributed by atoms with Crippen LogP contribution in [-0.4, -0.2) is 40.1 Å². The van der Waals surface area contributed by atoms with Gasteiger partial charge in [0.05, 0.1) is 11.0 Å². The molecule has 31 heavy (non-hydrogen) atoms. The van der Waals surface area contributed by atoms with Gasteiger partial charge >= 0.3 is 0 Å². The fraction of sp³-hybridized carbons (Fsp3) is 0.435. The number of carbonyl (C=O) groups is 2. The highest BCUT2D eigenvalue weighted by Gasteiger charge is 2.55. The summed E-state index contributed by atoms with van der Waals surface area (Å²) in [6.07, 6.45) is 2.88. The third-order valence-corrected chi connectivity index (χ3v) is 6.21. The van der Waals surface area contributed by atoms with Gasteiger partial charge in [-0.1, -0.05) is 0 Å². The summed E-state index contributed by atoms with van der Waals surface area (Å²) in [5.74, 6) is -2.08. The molecule has 1 saturated heterocycles. The molecule has 2 aromatic rings. The molecule has 4 rings (SSSR count). The molecule has 2 heterocycles. The maximum Gasteiger partial charge on any atom is 0.251 e. The van der Waals surface area contributed by atoms with E-state index in [4.69, 9.17) is 0 Å². The van der Waals surface area contributed by atoms with Crippen molar-refractivity contribution < 1.29 is 23.5 Å². The van der Waals surface area contributed by atoms with Crippen LogP contribution >= 0.6 is 0 Å². The molecule has 1 aromatic carbocycles. The van der Waals surface area contributed by atoms with Crippen molar-refractivity contribution in [3.63, 3.8) is 0 Å². The molecule has 2 aliphatic rings. The molecule has 2 N–H and O–H groups in total. The summed E-state index contributed by atoms with van der Waals surface area (Å²) in [7, 11) is 0. The van der Waals surface area contributed by atoms with E-state index < -0.39 is 28.7 Å². The van der Waals surface area contributed by atoms with Gasteiger partial charge in [0.25, 0.3) is 5.91 Å². The largest absolute Gasteiger partial charge is 0.390 e. The van der Waals surface area contributed by atoms with E-state index in [0.717, 1.165) is 18.2 Å². The van der Waals surface area contributed by atoms with Crippen LogP contribution in [0.5, 0.6) is 0 Å². The third kappa shape index (κ3) is 4.30. The highest BCUT2D eigenvalue weighted by Crippen LogP contribution is 2.49. The minimum Gasteiger partial charge on any atom is -0.390 e. The summed E-state index contributed by atoms with van der Waals surface area (Å²) < 4.78 is 27.4. The lowest BCUT2D eigenvalue weighted by Crippen LogP contribution is -2.53. The van der Waals surface area contributed by atoms with Crippen molar-refractivity contribution in [1.29, 1.82) is 0 Å². The fourth-order valence-electron chi connectivity index (χ4n) is 5.12. The van der Waals surface area contributed by atoms with E-state index in [1.165, 1.54) is 4.90 Å². The van der Waals surface area contributed by atoms with Crippen LogP contribution in [-0.2, 0) is 4.79 Å². The molecule has 0 radical (unpaired) electrons. The number of pyridine rings is 1. The molecule has 3 atom stereocenters. The number of benzene rings is 1. The quantitative estimate of drug-likeness (QED) is 0.786. The average molecular weight is 429 g/mol. The number of hydrogen-bond acceptors (Lipinski definition) is 4. The maximum absolute atomic E-state index is 13.7. The molecule has 1 spiro atoms. The Bertz CT molecular complexity index is 1020. The number of amides is 2. The Morgan fingerprint density at radius 2 is 1.94 bits per heavy atom. The minimum atomic E-state index is -1.16. The molecule has 1 aliphatic heterocycles. The van der Waals surface area contributed by atoms with Crippen molar-refractivity contribution in [2.24, 2.45) is 5.41 Å². The van der Waals surface area contributed by atoms with Crippen LogP contribution in [0.1, 0.15) is 48.7 Å². The molecule has 1 saturated carbocycles. The van der Waals surface area contributed by atoms with Gasteiger partial charge in [-0.3, -0.25) is 14.6 Å².